The van der Waals surface area contributed by atoms with Gasteiger partial charge >= 0.3 is 5.97 Å². The van der Waals surface area contributed by atoms with Crippen LogP contribution >= 0.6 is 11.6 Å². The molecular formula is C16H17ClN2O4. The molecule has 1 saturated heterocycles. The van der Waals surface area contributed by atoms with Gasteiger partial charge in [0.15, 0.2) is 6.61 Å². The number of rotatable bonds is 4. The largest absolute Gasteiger partial charge is 0.480 e. The van der Waals surface area contributed by atoms with Gasteiger partial charge in [0, 0.05) is 17.3 Å². The summed E-state index contributed by atoms with van der Waals surface area (Å²) < 4.78 is 5.32. The first kappa shape index (κ1) is 16.0. The lowest BCUT2D eigenvalue weighted by atomic mass is 9.97. The summed E-state index contributed by atoms with van der Waals surface area (Å²) in [6.07, 6.45) is 0.595. The van der Waals surface area contributed by atoms with E-state index in [4.69, 9.17) is 26.3 Å². The Morgan fingerprint density at radius 1 is 1.48 bits per heavy atom. The average Bonchev–Trinajstić information content (AvgIpc) is 2.86. The molecule has 1 aliphatic rings. The number of fused-ring (bicyclic) bond motifs is 1. The number of nitrogens with zero attached hydrogens (tertiary/aromatic N) is 1. The first-order valence-electron chi connectivity index (χ1n) is 7.22. The van der Waals surface area contributed by atoms with Gasteiger partial charge in [0.05, 0.1) is 10.7 Å². The Hall–Kier alpha value is -1.89. The van der Waals surface area contributed by atoms with Crippen molar-refractivity contribution in [2.75, 3.05) is 6.61 Å². The van der Waals surface area contributed by atoms with Crippen LogP contribution in [0.3, 0.4) is 0 Å². The minimum atomic E-state index is -1.05. The van der Waals surface area contributed by atoms with Crippen LogP contribution in [0.15, 0.2) is 24.3 Å². The van der Waals surface area contributed by atoms with E-state index in [-0.39, 0.29) is 11.6 Å². The van der Waals surface area contributed by atoms with Gasteiger partial charge in [-0.3, -0.25) is 4.84 Å². The molecule has 0 bridgehead atoms. The van der Waals surface area contributed by atoms with Crippen LogP contribution in [0.1, 0.15) is 32.1 Å². The first-order valence-corrected chi connectivity index (χ1v) is 7.60. The Morgan fingerprint density at radius 3 is 2.91 bits per heavy atom. The van der Waals surface area contributed by atoms with Crippen molar-refractivity contribution < 1.29 is 19.5 Å². The third-order valence-electron chi connectivity index (χ3n) is 3.64. The summed E-state index contributed by atoms with van der Waals surface area (Å²) in [5, 5.41) is 10.0. The number of carbonyl (C=O) groups is 1. The Bertz CT molecular complexity index is 763. The fourth-order valence-corrected chi connectivity index (χ4v) is 2.77. The minimum Gasteiger partial charge on any atom is -0.480 e. The lowest BCUT2D eigenvalue weighted by Gasteiger charge is -2.14. The molecule has 0 saturated carbocycles. The summed E-state index contributed by atoms with van der Waals surface area (Å²) >= 11 is 6.19. The topological polar surface area (TPSA) is 80.7 Å². The standard InChI is InChI=1S/C16H17ClN2O4/c1-16(2)7-13(23-19-16)11-5-3-9-10(17)4-6-12(15(9)18-11)22-8-14(20)21/h3-6,13,19H,7-8H2,1-2H3,(H,20,21). The Labute approximate surface area is 138 Å². The highest BCUT2D eigenvalue weighted by Gasteiger charge is 2.33. The minimum absolute atomic E-state index is 0.127. The van der Waals surface area contributed by atoms with Crippen LogP contribution in [0.2, 0.25) is 5.02 Å². The highest BCUT2D eigenvalue weighted by molar-refractivity contribution is 6.35. The maximum Gasteiger partial charge on any atom is 0.341 e. The van der Waals surface area contributed by atoms with Crippen LogP contribution in [-0.2, 0) is 9.63 Å². The molecule has 0 amide bonds. The summed E-state index contributed by atoms with van der Waals surface area (Å²) in [5.74, 6) is -0.659. The van der Waals surface area contributed by atoms with E-state index in [1.807, 2.05) is 26.0 Å². The van der Waals surface area contributed by atoms with Crippen molar-refractivity contribution in [2.24, 2.45) is 0 Å². The third-order valence-corrected chi connectivity index (χ3v) is 3.97. The van der Waals surface area contributed by atoms with Crippen molar-refractivity contribution in [1.29, 1.82) is 0 Å². The number of carboxylic acids is 1. The number of hydroxylamine groups is 1. The maximum atomic E-state index is 10.7. The Kier molecular flexibility index (Phi) is 4.14. The summed E-state index contributed by atoms with van der Waals surface area (Å²) in [7, 11) is 0. The smallest absolute Gasteiger partial charge is 0.341 e. The molecule has 2 N–H and O–H groups in total. The van der Waals surface area contributed by atoms with E-state index in [0.29, 0.717) is 21.7 Å². The quantitative estimate of drug-likeness (QED) is 0.893. The number of pyridine rings is 1. The second kappa shape index (κ2) is 5.96. The first-order chi connectivity index (χ1) is 10.9. The molecular weight excluding hydrogens is 320 g/mol. The lowest BCUT2D eigenvalue weighted by molar-refractivity contribution is -0.139. The molecule has 7 heteroatoms. The highest BCUT2D eigenvalue weighted by atomic mass is 35.5. The molecule has 2 aromatic rings. The van der Waals surface area contributed by atoms with Crippen LogP contribution in [0.25, 0.3) is 10.9 Å². The molecule has 2 heterocycles. The molecule has 122 valence electrons. The third kappa shape index (κ3) is 3.39. The van der Waals surface area contributed by atoms with Gasteiger partial charge in [-0.05, 0) is 38.1 Å². The van der Waals surface area contributed by atoms with E-state index in [0.717, 1.165) is 12.1 Å². The zero-order chi connectivity index (χ0) is 16.6. The van der Waals surface area contributed by atoms with Gasteiger partial charge in [0.1, 0.15) is 17.4 Å². The maximum absolute atomic E-state index is 10.7. The van der Waals surface area contributed by atoms with Gasteiger partial charge in [-0.1, -0.05) is 11.6 Å². The van der Waals surface area contributed by atoms with Gasteiger partial charge in [-0.2, -0.15) is 5.48 Å². The number of aliphatic carboxylic acids is 1. The summed E-state index contributed by atoms with van der Waals surface area (Å²) in [4.78, 5) is 20.9. The molecule has 1 atom stereocenters. The van der Waals surface area contributed by atoms with Crippen molar-refractivity contribution in [3.8, 4) is 5.75 Å². The zero-order valence-corrected chi connectivity index (χ0v) is 13.6. The number of carboxylic acid groups (broad SMARTS) is 1. The van der Waals surface area contributed by atoms with E-state index in [2.05, 4.69) is 10.5 Å². The number of aromatic nitrogens is 1. The van der Waals surface area contributed by atoms with Gasteiger partial charge in [-0.25, -0.2) is 9.78 Å². The molecule has 6 nitrogen and oxygen atoms in total. The number of halogens is 1. The molecule has 0 spiro atoms. The molecule has 1 aliphatic heterocycles. The molecule has 23 heavy (non-hydrogen) atoms. The average molecular weight is 337 g/mol. The molecule has 1 unspecified atom stereocenters. The second-order valence-corrected chi connectivity index (χ2v) is 6.56. The van der Waals surface area contributed by atoms with Crippen LogP contribution < -0.4 is 10.2 Å². The number of hydrogen-bond donors (Lipinski definition) is 2. The van der Waals surface area contributed by atoms with Gasteiger partial charge in [-0.15, -0.1) is 0 Å². The van der Waals surface area contributed by atoms with Crippen molar-refractivity contribution in [1.82, 2.24) is 10.5 Å². The molecule has 0 aliphatic carbocycles. The van der Waals surface area contributed by atoms with Crippen LogP contribution in [0.5, 0.6) is 5.75 Å². The second-order valence-electron chi connectivity index (χ2n) is 6.16. The number of ether oxygens (including phenoxy) is 1. The summed E-state index contributed by atoms with van der Waals surface area (Å²) in [6, 6.07) is 7.01. The molecule has 1 aromatic carbocycles. The van der Waals surface area contributed by atoms with E-state index >= 15 is 0 Å². The fourth-order valence-electron chi connectivity index (χ4n) is 2.55. The summed E-state index contributed by atoms with van der Waals surface area (Å²) in [6.45, 7) is 3.66. The number of hydrogen-bond acceptors (Lipinski definition) is 5. The van der Waals surface area contributed by atoms with Crippen LogP contribution in [0.4, 0.5) is 0 Å². The van der Waals surface area contributed by atoms with Crippen molar-refractivity contribution in [3.63, 3.8) is 0 Å². The SMILES string of the molecule is CC1(C)CC(c2ccc3c(Cl)ccc(OCC(=O)O)c3n2)ON1. The monoisotopic (exact) mass is 336 g/mol. The normalized spacial score (nSPS) is 19.9. The fraction of sp³-hybridized carbons (Fsp3) is 0.375. The van der Waals surface area contributed by atoms with Crippen molar-refractivity contribution in [2.45, 2.75) is 31.9 Å². The van der Waals surface area contributed by atoms with Gasteiger partial charge in [0.2, 0.25) is 0 Å². The van der Waals surface area contributed by atoms with Gasteiger partial charge in [0.25, 0.3) is 0 Å². The number of benzene rings is 1. The van der Waals surface area contributed by atoms with Crippen LogP contribution in [0, 0.1) is 0 Å². The zero-order valence-electron chi connectivity index (χ0n) is 12.8. The lowest BCUT2D eigenvalue weighted by Crippen LogP contribution is -2.30. The molecule has 3 rings (SSSR count). The van der Waals surface area contributed by atoms with E-state index in [1.54, 1.807) is 12.1 Å². The van der Waals surface area contributed by atoms with E-state index < -0.39 is 12.6 Å². The summed E-state index contributed by atoms with van der Waals surface area (Å²) in [5.41, 5.74) is 4.14. The molecule has 1 fully saturated rings. The Morgan fingerprint density at radius 2 is 2.26 bits per heavy atom. The highest BCUT2D eigenvalue weighted by Crippen LogP contribution is 2.35. The van der Waals surface area contributed by atoms with Crippen molar-refractivity contribution >= 4 is 28.5 Å². The van der Waals surface area contributed by atoms with Crippen LogP contribution in [-0.4, -0.2) is 28.2 Å². The molecule has 0 radical (unpaired) electrons. The molecule has 1 aromatic heterocycles. The predicted octanol–water partition coefficient (Wildman–Crippen LogP) is 3.10. The van der Waals surface area contributed by atoms with Gasteiger partial charge < -0.3 is 9.84 Å². The predicted molar refractivity (Wildman–Crippen MR) is 85.5 cm³/mol. The van der Waals surface area contributed by atoms with E-state index in [1.165, 1.54) is 0 Å². The Balaban J connectivity index is 1.99. The van der Waals surface area contributed by atoms with Crippen molar-refractivity contribution in [3.05, 3.63) is 35.0 Å². The number of nitrogens with one attached hydrogen (secondary N) is 1. The van der Waals surface area contributed by atoms with E-state index in [9.17, 15) is 4.79 Å².